The molecule has 0 bridgehead atoms. The highest BCUT2D eigenvalue weighted by Gasteiger charge is 2.58. The number of ether oxygens (including phenoxy) is 3. The molecule has 2 unspecified atom stereocenters. The molecule has 1 aromatic carbocycles. The first-order valence-electron chi connectivity index (χ1n) is 11.3. The molecule has 1 spiro atoms. The van der Waals surface area contributed by atoms with Gasteiger partial charge in [-0.15, -0.1) is 0 Å². The highest BCUT2D eigenvalue weighted by atomic mass is 16.8. The zero-order chi connectivity index (χ0) is 21.4. The maximum absolute atomic E-state index is 13.2. The fraction of sp³-hybridized carbons (Fsp3) is 0.609. The summed E-state index contributed by atoms with van der Waals surface area (Å²) in [6.07, 6.45) is 5.52. The molecule has 4 aliphatic rings. The van der Waals surface area contributed by atoms with Crippen molar-refractivity contribution in [3.05, 3.63) is 29.8 Å². The highest BCUT2D eigenvalue weighted by molar-refractivity contribution is 6.32. The molecule has 0 aliphatic carbocycles. The molecular weight excluding hydrogens is 400 g/mol. The third kappa shape index (κ3) is 3.83. The summed E-state index contributed by atoms with van der Waals surface area (Å²) in [6, 6.07) is 7.80. The number of anilines is 1. The van der Waals surface area contributed by atoms with E-state index >= 15 is 0 Å². The molecule has 5 rings (SSSR count). The molecule has 4 heterocycles. The van der Waals surface area contributed by atoms with Crippen LogP contribution in [0.25, 0.3) is 0 Å². The van der Waals surface area contributed by atoms with Crippen molar-refractivity contribution in [2.45, 2.75) is 50.4 Å². The van der Waals surface area contributed by atoms with Crippen LogP contribution in [0, 0.1) is 5.92 Å². The van der Waals surface area contributed by atoms with Gasteiger partial charge in [0.2, 0.25) is 0 Å². The SMILES string of the molecule is O=C1OC2(CCCN(c3ccccc3CCN3CCC(C4CCCO4)C3)C2=O)OC1=O. The van der Waals surface area contributed by atoms with Crippen LogP contribution >= 0.6 is 0 Å². The first-order chi connectivity index (χ1) is 15.1. The van der Waals surface area contributed by atoms with Gasteiger partial charge in [0.15, 0.2) is 0 Å². The summed E-state index contributed by atoms with van der Waals surface area (Å²) >= 11 is 0. The van der Waals surface area contributed by atoms with Crippen molar-refractivity contribution < 1.29 is 28.6 Å². The zero-order valence-electron chi connectivity index (χ0n) is 17.6. The molecule has 166 valence electrons. The van der Waals surface area contributed by atoms with Gasteiger partial charge in [-0.25, -0.2) is 9.59 Å². The Balaban J connectivity index is 1.27. The van der Waals surface area contributed by atoms with Crippen molar-refractivity contribution >= 4 is 23.5 Å². The maximum Gasteiger partial charge on any atom is 0.421 e. The van der Waals surface area contributed by atoms with Crippen LogP contribution in [0.15, 0.2) is 24.3 Å². The Morgan fingerprint density at radius 3 is 2.58 bits per heavy atom. The molecule has 0 saturated carbocycles. The quantitative estimate of drug-likeness (QED) is 0.521. The van der Waals surface area contributed by atoms with E-state index in [2.05, 4.69) is 4.90 Å². The number of likely N-dealkylation sites (tertiary alicyclic amines) is 1. The minimum absolute atomic E-state index is 0.195. The summed E-state index contributed by atoms with van der Waals surface area (Å²) in [5.41, 5.74) is 1.85. The van der Waals surface area contributed by atoms with Crippen LogP contribution in [0.4, 0.5) is 5.69 Å². The second-order valence-corrected chi connectivity index (χ2v) is 8.87. The number of para-hydroxylation sites is 1. The van der Waals surface area contributed by atoms with Gasteiger partial charge in [-0.1, -0.05) is 18.2 Å². The summed E-state index contributed by atoms with van der Waals surface area (Å²) in [7, 11) is 0. The number of rotatable bonds is 5. The van der Waals surface area contributed by atoms with Crippen LogP contribution in [0.5, 0.6) is 0 Å². The summed E-state index contributed by atoms with van der Waals surface area (Å²) in [5.74, 6) is -3.86. The number of piperidine rings is 1. The largest absolute Gasteiger partial charge is 0.421 e. The van der Waals surface area contributed by atoms with Crippen LogP contribution in [-0.4, -0.2) is 67.4 Å². The second kappa shape index (κ2) is 8.24. The van der Waals surface area contributed by atoms with Gasteiger partial charge in [-0.2, -0.15) is 0 Å². The Kier molecular flexibility index (Phi) is 5.44. The molecule has 31 heavy (non-hydrogen) atoms. The molecule has 8 heteroatoms. The monoisotopic (exact) mass is 428 g/mol. The van der Waals surface area contributed by atoms with E-state index in [1.807, 2.05) is 24.3 Å². The predicted molar refractivity (Wildman–Crippen MR) is 110 cm³/mol. The van der Waals surface area contributed by atoms with Crippen molar-refractivity contribution in [3.8, 4) is 0 Å². The fourth-order valence-electron chi connectivity index (χ4n) is 5.31. The molecule has 0 radical (unpaired) electrons. The lowest BCUT2D eigenvalue weighted by Gasteiger charge is -2.36. The Morgan fingerprint density at radius 1 is 1.00 bits per heavy atom. The van der Waals surface area contributed by atoms with Gasteiger partial charge < -0.3 is 24.0 Å². The van der Waals surface area contributed by atoms with Gasteiger partial charge in [0.25, 0.3) is 0 Å². The highest BCUT2D eigenvalue weighted by Crippen LogP contribution is 2.36. The summed E-state index contributed by atoms with van der Waals surface area (Å²) in [4.78, 5) is 40.5. The van der Waals surface area contributed by atoms with E-state index in [1.165, 1.54) is 19.3 Å². The van der Waals surface area contributed by atoms with Gasteiger partial charge in [-0.3, -0.25) is 4.79 Å². The van der Waals surface area contributed by atoms with Gasteiger partial charge in [0.05, 0.1) is 6.10 Å². The Labute approximate surface area is 181 Å². The smallest absolute Gasteiger partial charge is 0.405 e. The maximum atomic E-state index is 13.2. The number of carbonyl (C=O) groups excluding carboxylic acids is 3. The first kappa shape index (κ1) is 20.5. The van der Waals surface area contributed by atoms with Gasteiger partial charge >= 0.3 is 23.6 Å². The number of esters is 2. The van der Waals surface area contributed by atoms with Gasteiger partial charge in [-0.05, 0) is 56.2 Å². The van der Waals surface area contributed by atoms with Crippen molar-refractivity contribution in [2.75, 3.05) is 37.7 Å². The first-order valence-corrected chi connectivity index (χ1v) is 11.3. The van der Waals surface area contributed by atoms with Crippen LogP contribution in [0.1, 0.15) is 37.7 Å². The Hall–Kier alpha value is -2.45. The van der Waals surface area contributed by atoms with Crippen LogP contribution in [0.3, 0.4) is 0 Å². The van der Waals surface area contributed by atoms with Crippen LogP contribution in [-0.2, 0) is 35.0 Å². The number of carbonyl (C=O) groups is 3. The Morgan fingerprint density at radius 2 is 1.81 bits per heavy atom. The van der Waals surface area contributed by atoms with Crippen molar-refractivity contribution in [2.24, 2.45) is 5.92 Å². The fourth-order valence-corrected chi connectivity index (χ4v) is 5.31. The summed E-state index contributed by atoms with van der Waals surface area (Å²) < 4.78 is 16.0. The minimum atomic E-state index is -1.80. The van der Waals surface area contributed by atoms with E-state index in [-0.39, 0.29) is 6.42 Å². The average Bonchev–Trinajstić information content (AvgIpc) is 3.51. The summed E-state index contributed by atoms with van der Waals surface area (Å²) in [6.45, 7) is 4.44. The lowest BCUT2D eigenvalue weighted by molar-refractivity contribution is -0.192. The van der Waals surface area contributed by atoms with E-state index in [1.54, 1.807) is 4.90 Å². The molecule has 8 nitrogen and oxygen atoms in total. The van der Waals surface area contributed by atoms with E-state index in [9.17, 15) is 14.4 Å². The van der Waals surface area contributed by atoms with Crippen molar-refractivity contribution in [1.82, 2.24) is 4.90 Å². The van der Waals surface area contributed by atoms with Crippen molar-refractivity contribution in [1.29, 1.82) is 0 Å². The second-order valence-electron chi connectivity index (χ2n) is 8.87. The number of nitrogens with zero attached hydrogens (tertiary/aromatic N) is 2. The molecular formula is C23H28N2O6. The number of benzene rings is 1. The molecule has 1 aromatic rings. The molecule has 4 fully saturated rings. The molecule has 0 aromatic heterocycles. The topological polar surface area (TPSA) is 85.4 Å². The minimum Gasteiger partial charge on any atom is -0.405 e. The number of hydrogen-bond donors (Lipinski definition) is 0. The Bertz CT molecular complexity index is 865. The van der Waals surface area contributed by atoms with Gasteiger partial charge in [0, 0.05) is 38.3 Å². The van der Waals surface area contributed by atoms with E-state index in [4.69, 9.17) is 14.2 Å². The molecule has 1 amide bonds. The zero-order valence-corrected chi connectivity index (χ0v) is 17.6. The average molecular weight is 428 g/mol. The predicted octanol–water partition coefficient (Wildman–Crippen LogP) is 1.65. The number of hydrogen-bond acceptors (Lipinski definition) is 7. The molecule has 2 atom stereocenters. The molecule has 4 aliphatic heterocycles. The third-order valence-electron chi connectivity index (χ3n) is 6.92. The van der Waals surface area contributed by atoms with E-state index in [0.717, 1.165) is 43.9 Å². The lowest BCUT2D eigenvalue weighted by atomic mass is 9.99. The summed E-state index contributed by atoms with van der Waals surface area (Å²) in [5, 5.41) is 0. The molecule has 4 saturated heterocycles. The third-order valence-corrected chi connectivity index (χ3v) is 6.92. The standard InChI is InChI=1S/C23H28N2O6/c26-20-21(27)31-23(30-20)10-4-11-25(22(23)28)18-6-2-1-5-16(18)8-12-24-13-9-17(15-24)19-7-3-14-29-19/h1-2,5-6,17,19H,3-4,7-15H2. The molecule has 0 N–H and O–H groups in total. The van der Waals surface area contributed by atoms with Gasteiger partial charge in [0.1, 0.15) is 0 Å². The van der Waals surface area contributed by atoms with E-state index in [0.29, 0.717) is 25.0 Å². The lowest BCUT2D eigenvalue weighted by Crippen LogP contribution is -2.55. The van der Waals surface area contributed by atoms with Crippen molar-refractivity contribution in [3.63, 3.8) is 0 Å². The van der Waals surface area contributed by atoms with Crippen LogP contribution in [0.2, 0.25) is 0 Å². The normalized spacial score (nSPS) is 28.4. The van der Waals surface area contributed by atoms with Crippen LogP contribution < -0.4 is 4.90 Å². The number of amides is 1. The van der Waals surface area contributed by atoms with E-state index < -0.39 is 23.6 Å².